The van der Waals surface area contributed by atoms with Crippen LogP contribution in [-0.2, 0) is 5.66 Å². The van der Waals surface area contributed by atoms with Gasteiger partial charge in [-0.3, -0.25) is 4.79 Å². The molecule has 1 amide bonds. The van der Waals surface area contributed by atoms with Gasteiger partial charge in [0, 0.05) is 26.7 Å². The van der Waals surface area contributed by atoms with Gasteiger partial charge < -0.3 is 21.5 Å². The molecule has 1 atom stereocenters. The molecule has 3 aromatic rings. The molecule has 0 aromatic heterocycles. The zero-order valence-corrected chi connectivity index (χ0v) is 16.4. The highest BCUT2D eigenvalue weighted by Gasteiger charge is 2.41. The van der Waals surface area contributed by atoms with Crippen molar-refractivity contribution in [3.63, 3.8) is 0 Å². The van der Waals surface area contributed by atoms with E-state index in [-0.39, 0.29) is 11.1 Å². The molecule has 0 bridgehead atoms. The average Bonchev–Trinajstić information content (AvgIpc) is 3.07. The van der Waals surface area contributed by atoms with E-state index in [1.165, 1.54) is 12.1 Å². The van der Waals surface area contributed by atoms with E-state index in [9.17, 15) is 14.7 Å². The van der Waals surface area contributed by atoms with Gasteiger partial charge in [-0.25, -0.2) is 4.79 Å². The smallest absolute Gasteiger partial charge is 0.335 e. The Morgan fingerprint density at radius 3 is 2.28 bits per heavy atom. The van der Waals surface area contributed by atoms with Crippen LogP contribution in [0.3, 0.4) is 0 Å². The number of amides is 1. The van der Waals surface area contributed by atoms with Gasteiger partial charge in [-0.1, -0.05) is 41.4 Å². The highest BCUT2D eigenvalue weighted by atomic mass is 35.5. The van der Waals surface area contributed by atoms with E-state index in [2.05, 4.69) is 10.6 Å². The number of carbonyl (C=O) groups excluding carboxylic acids is 1. The van der Waals surface area contributed by atoms with E-state index in [4.69, 9.17) is 28.9 Å². The minimum absolute atomic E-state index is 0.148. The highest BCUT2D eigenvalue weighted by Crippen LogP contribution is 2.46. The van der Waals surface area contributed by atoms with Gasteiger partial charge in [0.15, 0.2) is 5.66 Å². The summed E-state index contributed by atoms with van der Waals surface area (Å²) >= 11 is 12.8. The Hall–Kier alpha value is -3.22. The number of aromatic carboxylic acids is 1. The van der Waals surface area contributed by atoms with Gasteiger partial charge in [0.05, 0.1) is 16.9 Å². The molecule has 6 nitrogen and oxygen atoms in total. The molecule has 8 heteroatoms. The summed E-state index contributed by atoms with van der Waals surface area (Å²) in [7, 11) is 0. The number of anilines is 2. The molecule has 0 saturated heterocycles. The number of benzene rings is 3. The second-order valence-corrected chi connectivity index (χ2v) is 7.48. The van der Waals surface area contributed by atoms with Crippen LogP contribution < -0.4 is 16.4 Å². The molecule has 0 fully saturated rings. The minimum Gasteiger partial charge on any atom is -0.478 e. The fourth-order valence-electron chi connectivity index (χ4n) is 3.45. The number of hydrogen-bond donors (Lipinski definition) is 4. The Balaban J connectivity index is 1.91. The van der Waals surface area contributed by atoms with Crippen molar-refractivity contribution in [3.8, 4) is 0 Å². The Bertz CT molecular complexity index is 1170. The highest BCUT2D eigenvalue weighted by molar-refractivity contribution is 6.32. The number of rotatable bonds is 4. The van der Waals surface area contributed by atoms with Gasteiger partial charge in [-0.15, -0.1) is 0 Å². The van der Waals surface area contributed by atoms with Crippen molar-refractivity contribution in [1.29, 1.82) is 0 Å². The molecule has 1 aliphatic rings. The second-order valence-electron chi connectivity index (χ2n) is 6.63. The Kier molecular flexibility index (Phi) is 4.61. The molecular weight excluding hydrogens is 413 g/mol. The standard InChI is InChI=1S/C21H15Cl2N3O3/c22-14-3-1-2-13(10-14)21(15-6-4-11(19(24)27)8-16(15)23)25-17-7-5-12(20(28)29)9-18(17)26-21/h1-10,25-26H,(H2,24,27)(H,28,29). The number of hydrogen-bond acceptors (Lipinski definition) is 4. The fraction of sp³-hybridized carbons (Fsp3) is 0.0476. The van der Waals surface area contributed by atoms with Crippen molar-refractivity contribution >= 4 is 46.5 Å². The van der Waals surface area contributed by atoms with E-state index < -0.39 is 17.5 Å². The van der Waals surface area contributed by atoms with Crippen molar-refractivity contribution in [2.75, 3.05) is 10.6 Å². The number of nitrogens with two attached hydrogens (primary N) is 1. The van der Waals surface area contributed by atoms with Crippen LogP contribution in [0, 0.1) is 0 Å². The van der Waals surface area contributed by atoms with Gasteiger partial charge in [0.25, 0.3) is 0 Å². The molecule has 0 aliphatic carbocycles. The van der Waals surface area contributed by atoms with Gasteiger partial charge in [-0.2, -0.15) is 0 Å². The van der Waals surface area contributed by atoms with Crippen molar-refractivity contribution in [3.05, 3.63) is 93.0 Å². The molecule has 4 rings (SSSR count). The number of primary amides is 1. The number of fused-ring (bicyclic) bond motifs is 1. The lowest BCUT2D eigenvalue weighted by Gasteiger charge is -2.33. The summed E-state index contributed by atoms with van der Waals surface area (Å²) < 4.78 is 0. The summed E-state index contributed by atoms with van der Waals surface area (Å²) in [6, 6.07) is 16.7. The van der Waals surface area contributed by atoms with E-state index in [1.807, 2.05) is 6.07 Å². The fourth-order valence-corrected chi connectivity index (χ4v) is 3.97. The molecule has 1 unspecified atom stereocenters. The molecule has 0 saturated carbocycles. The van der Waals surface area contributed by atoms with Crippen molar-refractivity contribution < 1.29 is 14.7 Å². The zero-order valence-electron chi connectivity index (χ0n) is 14.9. The monoisotopic (exact) mass is 427 g/mol. The lowest BCUT2D eigenvalue weighted by atomic mass is 9.90. The third-order valence-electron chi connectivity index (χ3n) is 4.83. The van der Waals surface area contributed by atoms with Crippen LogP contribution in [0.4, 0.5) is 11.4 Å². The molecule has 1 heterocycles. The Morgan fingerprint density at radius 1 is 0.897 bits per heavy atom. The predicted octanol–water partition coefficient (Wildman–Crippen LogP) is 4.53. The first kappa shape index (κ1) is 19.1. The van der Waals surface area contributed by atoms with Crippen LogP contribution in [0.5, 0.6) is 0 Å². The maximum absolute atomic E-state index is 11.5. The summed E-state index contributed by atoms with van der Waals surface area (Å²) in [5, 5.41) is 16.9. The summed E-state index contributed by atoms with van der Waals surface area (Å²) in [6.07, 6.45) is 0. The van der Waals surface area contributed by atoms with E-state index >= 15 is 0 Å². The lowest BCUT2D eigenvalue weighted by Crippen LogP contribution is -2.40. The molecule has 29 heavy (non-hydrogen) atoms. The summed E-state index contributed by atoms with van der Waals surface area (Å²) in [5.74, 6) is -1.62. The number of carboxylic acid groups (broad SMARTS) is 1. The first-order valence-electron chi connectivity index (χ1n) is 8.60. The summed E-state index contributed by atoms with van der Waals surface area (Å²) in [5.41, 5.74) is 7.44. The van der Waals surface area contributed by atoms with E-state index in [1.54, 1.807) is 42.5 Å². The molecule has 146 valence electrons. The maximum atomic E-state index is 11.5. The maximum Gasteiger partial charge on any atom is 0.335 e. The first-order chi connectivity index (χ1) is 13.8. The third-order valence-corrected chi connectivity index (χ3v) is 5.37. The molecule has 0 radical (unpaired) electrons. The molecule has 0 spiro atoms. The number of carbonyl (C=O) groups is 2. The number of halogens is 2. The van der Waals surface area contributed by atoms with Gasteiger partial charge in [-0.05, 0) is 42.5 Å². The topological polar surface area (TPSA) is 104 Å². The van der Waals surface area contributed by atoms with E-state index in [0.717, 1.165) is 5.56 Å². The SMILES string of the molecule is NC(=O)c1ccc(C2(c3cccc(Cl)c3)Nc3ccc(C(=O)O)cc3N2)c(Cl)c1. The minimum atomic E-state index is -1.03. The predicted molar refractivity (Wildman–Crippen MR) is 113 cm³/mol. The van der Waals surface area contributed by atoms with Gasteiger partial charge >= 0.3 is 5.97 Å². The van der Waals surface area contributed by atoms with Crippen LogP contribution in [0.1, 0.15) is 31.8 Å². The molecular formula is C21H15Cl2N3O3. The lowest BCUT2D eigenvalue weighted by molar-refractivity contribution is 0.0696. The summed E-state index contributed by atoms with van der Waals surface area (Å²) in [6.45, 7) is 0. The van der Waals surface area contributed by atoms with Gasteiger partial charge in [0.2, 0.25) is 5.91 Å². The van der Waals surface area contributed by atoms with Crippen LogP contribution in [0.15, 0.2) is 60.7 Å². The number of carboxylic acids is 1. The zero-order chi connectivity index (χ0) is 20.8. The first-order valence-corrected chi connectivity index (χ1v) is 9.35. The van der Waals surface area contributed by atoms with Crippen LogP contribution in [0.25, 0.3) is 0 Å². The van der Waals surface area contributed by atoms with Gasteiger partial charge in [0.1, 0.15) is 0 Å². The molecule has 5 N–H and O–H groups in total. The third kappa shape index (κ3) is 3.26. The van der Waals surface area contributed by atoms with Crippen LogP contribution >= 0.6 is 23.2 Å². The second kappa shape index (κ2) is 6.99. The Morgan fingerprint density at radius 2 is 1.62 bits per heavy atom. The van der Waals surface area contributed by atoms with Crippen molar-refractivity contribution in [1.82, 2.24) is 0 Å². The quantitative estimate of drug-likeness (QED) is 0.489. The summed E-state index contributed by atoms with van der Waals surface area (Å²) in [4.78, 5) is 22.9. The van der Waals surface area contributed by atoms with Crippen LogP contribution in [0.2, 0.25) is 10.0 Å². The normalized spacial score (nSPS) is 17.2. The Labute approximate surface area is 176 Å². The van der Waals surface area contributed by atoms with Crippen molar-refractivity contribution in [2.24, 2.45) is 5.73 Å². The van der Waals surface area contributed by atoms with E-state index in [0.29, 0.717) is 27.0 Å². The van der Waals surface area contributed by atoms with Crippen LogP contribution in [-0.4, -0.2) is 17.0 Å². The number of nitrogens with one attached hydrogen (secondary N) is 2. The average molecular weight is 428 g/mol. The van der Waals surface area contributed by atoms with Crippen molar-refractivity contribution in [2.45, 2.75) is 5.66 Å². The molecule has 1 aliphatic heterocycles. The molecule has 3 aromatic carbocycles. The largest absolute Gasteiger partial charge is 0.478 e.